The topological polar surface area (TPSA) is 72.2 Å². The highest BCUT2D eigenvalue weighted by Gasteiger charge is 2.11. The zero-order valence-corrected chi connectivity index (χ0v) is 13.6. The van der Waals surface area contributed by atoms with Gasteiger partial charge in [0.25, 0.3) is 5.78 Å². The van der Waals surface area contributed by atoms with Crippen molar-refractivity contribution in [3.05, 3.63) is 58.9 Å². The van der Waals surface area contributed by atoms with Crippen LogP contribution >= 0.6 is 0 Å². The molecule has 24 heavy (non-hydrogen) atoms. The van der Waals surface area contributed by atoms with E-state index < -0.39 is 0 Å². The molecule has 2 aromatic heterocycles. The minimum Gasteiger partial charge on any atom is -0.355 e. The molecule has 1 amide bonds. The first-order valence-electron chi connectivity index (χ1n) is 7.72. The van der Waals surface area contributed by atoms with E-state index in [9.17, 15) is 9.18 Å². The number of aryl methyl sites for hydroxylation is 2. The number of hydrogen-bond donors (Lipinski definition) is 1. The van der Waals surface area contributed by atoms with Gasteiger partial charge in [-0.2, -0.15) is 4.98 Å². The van der Waals surface area contributed by atoms with E-state index in [2.05, 4.69) is 20.4 Å². The first kappa shape index (κ1) is 16.0. The molecule has 0 spiro atoms. The maximum atomic E-state index is 12.8. The summed E-state index contributed by atoms with van der Waals surface area (Å²) < 4.78 is 14.5. The minimum atomic E-state index is -0.264. The fraction of sp³-hybridized carbons (Fsp3) is 0.294. The van der Waals surface area contributed by atoms with Crippen LogP contribution in [0.25, 0.3) is 5.78 Å². The van der Waals surface area contributed by atoms with E-state index in [1.54, 1.807) is 16.6 Å². The zero-order chi connectivity index (χ0) is 17.1. The van der Waals surface area contributed by atoms with Crippen LogP contribution in [0.2, 0.25) is 0 Å². The van der Waals surface area contributed by atoms with Crippen molar-refractivity contribution in [2.75, 3.05) is 6.54 Å². The number of nitrogens with one attached hydrogen (secondary N) is 1. The number of halogens is 1. The average Bonchev–Trinajstić information content (AvgIpc) is 2.92. The zero-order valence-electron chi connectivity index (χ0n) is 13.6. The van der Waals surface area contributed by atoms with Crippen molar-refractivity contribution >= 4 is 11.7 Å². The van der Waals surface area contributed by atoms with Crippen LogP contribution < -0.4 is 5.32 Å². The fourth-order valence-corrected chi connectivity index (χ4v) is 2.49. The van der Waals surface area contributed by atoms with Crippen molar-refractivity contribution in [2.45, 2.75) is 26.7 Å². The van der Waals surface area contributed by atoms with Gasteiger partial charge >= 0.3 is 0 Å². The molecule has 0 aliphatic carbocycles. The van der Waals surface area contributed by atoms with E-state index in [-0.39, 0.29) is 18.1 Å². The van der Waals surface area contributed by atoms with Gasteiger partial charge in [0.15, 0.2) is 5.82 Å². The molecule has 1 N–H and O–H groups in total. The van der Waals surface area contributed by atoms with Crippen molar-refractivity contribution < 1.29 is 9.18 Å². The summed E-state index contributed by atoms with van der Waals surface area (Å²) in [6.07, 6.45) is 0.746. The van der Waals surface area contributed by atoms with Gasteiger partial charge in [-0.05, 0) is 44.0 Å². The lowest BCUT2D eigenvalue weighted by atomic mass is 10.1. The summed E-state index contributed by atoms with van der Waals surface area (Å²) in [6.45, 7) is 4.29. The van der Waals surface area contributed by atoms with Crippen LogP contribution in [0, 0.1) is 19.7 Å². The van der Waals surface area contributed by atoms with Gasteiger partial charge < -0.3 is 5.32 Å². The molecule has 0 fully saturated rings. The Morgan fingerprint density at radius 1 is 1.21 bits per heavy atom. The highest BCUT2D eigenvalue weighted by molar-refractivity contribution is 5.77. The lowest BCUT2D eigenvalue weighted by Gasteiger charge is -2.04. The third kappa shape index (κ3) is 3.73. The summed E-state index contributed by atoms with van der Waals surface area (Å²) in [6, 6.07) is 8.15. The number of fused-ring (bicyclic) bond motifs is 1. The SMILES string of the molecule is Cc1cc(C)n2nc(CC(=O)NCCc3ccc(F)cc3)nc2n1. The van der Waals surface area contributed by atoms with E-state index in [1.807, 2.05) is 19.9 Å². The molecule has 0 saturated heterocycles. The lowest BCUT2D eigenvalue weighted by Crippen LogP contribution is -2.27. The van der Waals surface area contributed by atoms with Gasteiger partial charge in [-0.3, -0.25) is 4.79 Å². The molecule has 3 rings (SSSR count). The fourth-order valence-electron chi connectivity index (χ4n) is 2.49. The Bertz CT molecular complexity index is 873. The number of benzene rings is 1. The second-order valence-electron chi connectivity index (χ2n) is 5.68. The maximum Gasteiger partial charge on any atom is 0.252 e. The average molecular weight is 327 g/mol. The van der Waals surface area contributed by atoms with Crippen LogP contribution in [0.5, 0.6) is 0 Å². The van der Waals surface area contributed by atoms with Gasteiger partial charge in [0.1, 0.15) is 5.82 Å². The number of rotatable bonds is 5. The Morgan fingerprint density at radius 2 is 1.96 bits per heavy atom. The first-order valence-corrected chi connectivity index (χ1v) is 7.72. The third-order valence-corrected chi connectivity index (χ3v) is 3.63. The summed E-state index contributed by atoms with van der Waals surface area (Å²) in [5.41, 5.74) is 2.76. The van der Waals surface area contributed by atoms with Crippen molar-refractivity contribution in [1.82, 2.24) is 24.9 Å². The van der Waals surface area contributed by atoms with Crippen LogP contribution in [0.4, 0.5) is 4.39 Å². The summed E-state index contributed by atoms with van der Waals surface area (Å²) in [5, 5.41) is 7.13. The molecule has 0 unspecified atom stereocenters. The van der Waals surface area contributed by atoms with Gasteiger partial charge in [-0.1, -0.05) is 12.1 Å². The van der Waals surface area contributed by atoms with Crippen molar-refractivity contribution in [3.8, 4) is 0 Å². The Kier molecular flexibility index (Phi) is 4.50. The van der Waals surface area contributed by atoms with E-state index >= 15 is 0 Å². The lowest BCUT2D eigenvalue weighted by molar-refractivity contribution is -0.120. The largest absolute Gasteiger partial charge is 0.355 e. The number of nitrogens with zero attached hydrogens (tertiary/aromatic N) is 4. The summed E-state index contributed by atoms with van der Waals surface area (Å²) in [4.78, 5) is 20.6. The molecule has 3 aromatic rings. The summed E-state index contributed by atoms with van der Waals surface area (Å²) >= 11 is 0. The smallest absolute Gasteiger partial charge is 0.252 e. The molecule has 0 saturated carbocycles. The predicted molar refractivity (Wildman–Crippen MR) is 87.1 cm³/mol. The predicted octanol–water partition coefficient (Wildman–Crippen LogP) is 1.78. The normalized spacial score (nSPS) is 11.0. The van der Waals surface area contributed by atoms with Gasteiger partial charge in [0, 0.05) is 17.9 Å². The van der Waals surface area contributed by atoms with E-state index in [1.165, 1.54) is 12.1 Å². The van der Waals surface area contributed by atoms with Gasteiger partial charge in [-0.15, -0.1) is 5.10 Å². The summed E-state index contributed by atoms with van der Waals surface area (Å²) in [7, 11) is 0. The molecular formula is C17H18FN5O. The number of hydrogen-bond acceptors (Lipinski definition) is 4. The number of amides is 1. The number of carbonyl (C=O) groups is 1. The highest BCUT2D eigenvalue weighted by Crippen LogP contribution is 2.06. The van der Waals surface area contributed by atoms with Crippen LogP contribution in [-0.2, 0) is 17.6 Å². The quantitative estimate of drug-likeness (QED) is 0.775. The molecule has 0 bridgehead atoms. The van der Waals surface area contributed by atoms with Crippen LogP contribution in [0.3, 0.4) is 0 Å². The molecule has 124 valence electrons. The van der Waals surface area contributed by atoms with Gasteiger partial charge in [0.05, 0.1) is 6.42 Å². The number of aromatic nitrogens is 4. The maximum absolute atomic E-state index is 12.8. The van der Waals surface area contributed by atoms with Crippen LogP contribution in [-0.4, -0.2) is 32.0 Å². The second kappa shape index (κ2) is 6.74. The highest BCUT2D eigenvalue weighted by atomic mass is 19.1. The molecule has 0 radical (unpaired) electrons. The molecule has 6 nitrogen and oxygen atoms in total. The van der Waals surface area contributed by atoms with Gasteiger partial charge in [0.2, 0.25) is 5.91 Å². The Morgan fingerprint density at radius 3 is 2.71 bits per heavy atom. The molecule has 0 aliphatic heterocycles. The monoisotopic (exact) mass is 327 g/mol. The standard InChI is InChI=1S/C17H18FN5O/c1-11-9-12(2)23-17(20-11)21-15(22-23)10-16(24)19-8-7-13-3-5-14(18)6-4-13/h3-6,9H,7-8,10H2,1-2H3,(H,19,24). The molecule has 7 heteroatoms. The Labute approximate surface area is 138 Å². The minimum absolute atomic E-state index is 0.102. The second-order valence-corrected chi connectivity index (χ2v) is 5.68. The first-order chi connectivity index (χ1) is 11.5. The Hall–Kier alpha value is -2.83. The molecule has 1 aromatic carbocycles. The molecule has 0 atom stereocenters. The third-order valence-electron chi connectivity index (χ3n) is 3.63. The molecule has 0 aliphatic rings. The van der Waals surface area contributed by atoms with Crippen LogP contribution in [0.1, 0.15) is 22.8 Å². The van der Waals surface area contributed by atoms with Crippen LogP contribution in [0.15, 0.2) is 30.3 Å². The van der Waals surface area contributed by atoms with Crippen molar-refractivity contribution in [2.24, 2.45) is 0 Å². The number of carbonyl (C=O) groups excluding carboxylic acids is 1. The molecule has 2 heterocycles. The van der Waals surface area contributed by atoms with Crippen molar-refractivity contribution in [1.29, 1.82) is 0 Å². The van der Waals surface area contributed by atoms with E-state index in [0.717, 1.165) is 17.0 Å². The molecular weight excluding hydrogens is 309 g/mol. The van der Waals surface area contributed by atoms with Crippen molar-refractivity contribution in [3.63, 3.8) is 0 Å². The van der Waals surface area contributed by atoms with E-state index in [0.29, 0.717) is 24.6 Å². The Balaban J connectivity index is 1.57. The van der Waals surface area contributed by atoms with Gasteiger partial charge in [-0.25, -0.2) is 13.9 Å². The van der Waals surface area contributed by atoms with E-state index in [4.69, 9.17) is 0 Å². The summed E-state index contributed by atoms with van der Waals surface area (Å²) in [5.74, 6) is 0.527.